The average molecular weight is 433 g/mol. The lowest BCUT2D eigenvalue weighted by molar-refractivity contribution is -0.384. The topological polar surface area (TPSA) is 114 Å². The van der Waals surface area contributed by atoms with E-state index in [0.29, 0.717) is 11.1 Å². The number of non-ortho nitro benzene ring substituents is 1. The van der Waals surface area contributed by atoms with E-state index in [0.717, 1.165) is 12.1 Å². The quantitative estimate of drug-likeness (QED) is 0.216. The number of nitrogens with zero attached hydrogens (tertiary/aromatic N) is 3. The highest BCUT2D eigenvalue weighted by molar-refractivity contribution is 6.46. The Hall–Kier alpha value is -4.40. The second-order valence-corrected chi connectivity index (χ2v) is 7.14. The summed E-state index contributed by atoms with van der Waals surface area (Å²) in [4.78, 5) is 41.6. The number of hydrogen-bond acceptors (Lipinski definition) is 6. The highest BCUT2D eigenvalue weighted by Gasteiger charge is 2.46. The van der Waals surface area contributed by atoms with Crippen LogP contribution in [0.2, 0.25) is 0 Å². The van der Waals surface area contributed by atoms with Crippen LogP contribution >= 0.6 is 0 Å². The number of likely N-dealkylation sites (tertiary alicyclic amines) is 1. The van der Waals surface area contributed by atoms with Gasteiger partial charge in [0.15, 0.2) is 0 Å². The Balaban J connectivity index is 1.85. The van der Waals surface area contributed by atoms with Crippen molar-refractivity contribution in [2.75, 3.05) is 0 Å². The Morgan fingerprint density at radius 1 is 1.09 bits per heavy atom. The molecule has 1 aliphatic heterocycles. The van der Waals surface area contributed by atoms with Gasteiger partial charge in [-0.25, -0.2) is 4.39 Å². The van der Waals surface area contributed by atoms with Crippen LogP contribution in [0.4, 0.5) is 10.1 Å². The van der Waals surface area contributed by atoms with E-state index in [4.69, 9.17) is 0 Å². The van der Waals surface area contributed by atoms with Crippen LogP contribution in [0.15, 0.2) is 78.6 Å². The second kappa shape index (κ2) is 8.38. The van der Waals surface area contributed by atoms with Crippen molar-refractivity contribution in [2.24, 2.45) is 0 Å². The number of Topliss-reactive ketones (excluding diaryl/α,β-unsaturated/α-hetero) is 1. The van der Waals surface area contributed by atoms with E-state index in [2.05, 4.69) is 4.98 Å². The van der Waals surface area contributed by atoms with Crippen molar-refractivity contribution in [1.82, 2.24) is 9.88 Å². The zero-order valence-electron chi connectivity index (χ0n) is 16.5. The predicted molar refractivity (Wildman–Crippen MR) is 112 cm³/mol. The van der Waals surface area contributed by atoms with Crippen LogP contribution in [-0.2, 0) is 16.1 Å². The van der Waals surface area contributed by atoms with Gasteiger partial charge in [-0.3, -0.25) is 24.7 Å². The average Bonchev–Trinajstić information content (AvgIpc) is 3.05. The Kier molecular flexibility index (Phi) is 5.46. The molecular weight excluding hydrogens is 417 g/mol. The number of hydrogen-bond donors (Lipinski definition) is 1. The molecule has 8 nitrogen and oxygen atoms in total. The summed E-state index contributed by atoms with van der Waals surface area (Å²) < 4.78 is 13.3. The van der Waals surface area contributed by atoms with E-state index in [-0.39, 0.29) is 23.4 Å². The van der Waals surface area contributed by atoms with Gasteiger partial charge in [0.25, 0.3) is 17.4 Å². The Morgan fingerprint density at radius 2 is 1.78 bits per heavy atom. The molecular formula is C23H16FN3O5. The standard InChI is InChI=1S/C23H16FN3O5/c24-17-7-3-16(4-8-17)21(28)19-20(15-5-9-18(10-6-15)27(31)32)26(23(30)22(19)29)13-14-2-1-11-25-12-14/h1-12,20,28H,13H2/b21-19+. The summed E-state index contributed by atoms with van der Waals surface area (Å²) in [5, 5.41) is 21.9. The van der Waals surface area contributed by atoms with Crippen LogP contribution in [0.3, 0.4) is 0 Å². The molecule has 1 saturated heterocycles. The molecule has 1 unspecified atom stereocenters. The van der Waals surface area contributed by atoms with Crippen LogP contribution in [0.25, 0.3) is 5.76 Å². The predicted octanol–water partition coefficient (Wildman–Crippen LogP) is 3.75. The highest BCUT2D eigenvalue weighted by atomic mass is 19.1. The number of ketones is 1. The maximum atomic E-state index is 13.3. The first-order valence-electron chi connectivity index (χ1n) is 9.54. The molecule has 160 valence electrons. The fourth-order valence-corrected chi connectivity index (χ4v) is 3.62. The summed E-state index contributed by atoms with van der Waals surface area (Å²) in [6.07, 6.45) is 3.12. The van der Waals surface area contributed by atoms with Gasteiger partial charge in [-0.05, 0) is 53.6 Å². The van der Waals surface area contributed by atoms with E-state index in [1.165, 1.54) is 41.3 Å². The molecule has 2 aromatic carbocycles. The van der Waals surface area contributed by atoms with Crippen molar-refractivity contribution >= 4 is 23.1 Å². The molecule has 0 spiro atoms. The smallest absolute Gasteiger partial charge is 0.295 e. The first-order valence-corrected chi connectivity index (χ1v) is 9.54. The number of amides is 1. The first kappa shape index (κ1) is 20.9. The molecule has 0 aliphatic carbocycles. The van der Waals surface area contributed by atoms with Gasteiger partial charge in [-0.15, -0.1) is 0 Å². The maximum Gasteiger partial charge on any atom is 0.295 e. The molecule has 0 radical (unpaired) electrons. The summed E-state index contributed by atoms with van der Waals surface area (Å²) in [7, 11) is 0. The molecule has 1 amide bonds. The minimum atomic E-state index is -0.999. The third-order valence-electron chi connectivity index (χ3n) is 5.15. The van der Waals surface area contributed by atoms with E-state index in [1.54, 1.807) is 24.5 Å². The third-order valence-corrected chi connectivity index (χ3v) is 5.15. The van der Waals surface area contributed by atoms with Crippen molar-refractivity contribution in [3.05, 3.63) is 111 Å². The van der Waals surface area contributed by atoms with Crippen molar-refractivity contribution in [1.29, 1.82) is 0 Å². The lowest BCUT2D eigenvalue weighted by atomic mass is 9.95. The van der Waals surface area contributed by atoms with Crippen LogP contribution in [0.1, 0.15) is 22.7 Å². The second-order valence-electron chi connectivity index (χ2n) is 7.14. The molecule has 1 atom stereocenters. The van der Waals surface area contributed by atoms with Crippen molar-refractivity contribution in [3.8, 4) is 0 Å². The summed E-state index contributed by atoms with van der Waals surface area (Å²) in [6, 6.07) is 12.7. The monoisotopic (exact) mass is 433 g/mol. The Morgan fingerprint density at radius 3 is 2.38 bits per heavy atom. The number of aliphatic hydroxyl groups is 1. The summed E-state index contributed by atoms with van der Waals surface area (Å²) in [5.41, 5.74) is 0.888. The van der Waals surface area contributed by atoms with Gasteiger partial charge in [0.1, 0.15) is 11.6 Å². The number of carbonyl (C=O) groups excluding carboxylic acids is 2. The molecule has 0 saturated carbocycles. The van der Waals surface area contributed by atoms with E-state index < -0.39 is 34.2 Å². The lowest BCUT2D eigenvalue weighted by Gasteiger charge is -2.25. The SMILES string of the molecule is O=C1C(=O)N(Cc2cccnc2)C(c2ccc([N+](=O)[O-])cc2)/C1=C(\O)c1ccc(F)cc1. The number of pyridine rings is 1. The van der Waals surface area contributed by atoms with E-state index in [9.17, 15) is 29.2 Å². The molecule has 1 aromatic heterocycles. The minimum absolute atomic E-state index is 0.0280. The Labute approximate surface area is 181 Å². The van der Waals surface area contributed by atoms with Crippen molar-refractivity contribution in [2.45, 2.75) is 12.6 Å². The van der Waals surface area contributed by atoms with Crippen LogP contribution in [-0.4, -0.2) is 31.6 Å². The third kappa shape index (κ3) is 3.83. The molecule has 1 aliphatic rings. The van der Waals surface area contributed by atoms with Crippen LogP contribution in [0, 0.1) is 15.9 Å². The first-order chi connectivity index (χ1) is 15.4. The zero-order chi connectivity index (χ0) is 22.8. The number of rotatable bonds is 5. The molecule has 3 aromatic rings. The zero-order valence-corrected chi connectivity index (χ0v) is 16.5. The van der Waals surface area contributed by atoms with Gasteiger partial charge in [0.05, 0.1) is 16.5 Å². The molecule has 1 fully saturated rings. The molecule has 1 N–H and O–H groups in total. The number of aliphatic hydroxyl groups excluding tert-OH is 1. The molecule has 32 heavy (non-hydrogen) atoms. The minimum Gasteiger partial charge on any atom is -0.507 e. The molecule has 2 heterocycles. The number of halogens is 1. The number of nitro benzene ring substituents is 1. The largest absolute Gasteiger partial charge is 0.507 e. The maximum absolute atomic E-state index is 13.3. The van der Waals surface area contributed by atoms with E-state index in [1.807, 2.05) is 0 Å². The summed E-state index contributed by atoms with van der Waals surface area (Å²) in [5.74, 6) is -2.72. The van der Waals surface area contributed by atoms with Crippen molar-refractivity contribution in [3.63, 3.8) is 0 Å². The van der Waals surface area contributed by atoms with Gasteiger partial charge in [0.2, 0.25) is 0 Å². The fourth-order valence-electron chi connectivity index (χ4n) is 3.62. The Bertz CT molecular complexity index is 1220. The number of benzene rings is 2. The summed E-state index contributed by atoms with van der Waals surface area (Å²) >= 11 is 0. The van der Waals surface area contributed by atoms with Gasteiger partial charge in [-0.1, -0.05) is 6.07 Å². The molecule has 0 bridgehead atoms. The van der Waals surface area contributed by atoms with E-state index >= 15 is 0 Å². The number of nitro groups is 1. The summed E-state index contributed by atoms with van der Waals surface area (Å²) in [6.45, 7) is 0.0280. The lowest BCUT2D eigenvalue weighted by Crippen LogP contribution is -2.29. The van der Waals surface area contributed by atoms with Crippen LogP contribution in [0.5, 0.6) is 0 Å². The molecule has 9 heteroatoms. The van der Waals surface area contributed by atoms with Crippen molar-refractivity contribution < 1.29 is 24.0 Å². The van der Waals surface area contributed by atoms with Gasteiger partial charge in [0, 0.05) is 36.6 Å². The number of aromatic nitrogens is 1. The highest BCUT2D eigenvalue weighted by Crippen LogP contribution is 2.40. The van der Waals surface area contributed by atoms with Gasteiger partial charge in [-0.2, -0.15) is 0 Å². The van der Waals surface area contributed by atoms with Gasteiger partial charge < -0.3 is 10.0 Å². The normalized spacial score (nSPS) is 17.5. The van der Waals surface area contributed by atoms with Crippen LogP contribution < -0.4 is 0 Å². The number of carbonyl (C=O) groups is 2. The van der Waals surface area contributed by atoms with Gasteiger partial charge >= 0.3 is 0 Å². The fraction of sp³-hybridized carbons (Fsp3) is 0.0870. The molecule has 4 rings (SSSR count).